The second-order valence-electron chi connectivity index (χ2n) is 6.70. The number of piperidine rings is 1. The molecule has 0 unspecified atom stereocenters. The molecule has 6 heteroatoms. The van der Waals surface area contributed by atoms with Gasteiger partial charge in [0.2, 0.25) is 0 Å². The molecule has 4 rings (SSSR count). The van der Waals surface area contributed by atoms with Gasteiger partial charge in [0, 0.05) is 31.9 Å². The van der Waals surface area contributed by atoms with Crippen LogP contribution in [0.2, 0.25) is 5.15 Å². The number of hydrogen-bond donors (Lipinski definition) is 0. The number of nitrogens with zero attached hydrogens (tertiary/aromatic N) is 5. The number of imidazole rings is 1. The molecule has 0 spiro atoms. The fourth-order valence-electron chi connectivity index (χ4n) is 3.82. The van der Waals surface area contributed by atoms with Gasteiger partial charge in [-0.3, -0.25) is 4.90 Å². The number of hydrogen-bond acceptors (Lipinski definition) is 4. The number of rotatable bonds is 4. The monoisotopic (exact) mass is 365 g/mol. The summed E-state index contributed by atoms with van der Waals surface area (Å²) in [5.74, 6) is 0.791. The first-order chi connectivity index (χ1) is 12.8. The van der Waals surface area contributed by atoms with Crippen LogP contribution in [0.1, 0.15) is 30.3 Å². The van der Waals surface area contributed by atoms with Crippen LogP contribution in [0.25, 0.3) is 11.0 Å². The summed E-state index contributed by atoms with van der Waals surface area (Å²) in [6.45, 7) is 3.05. The second kappa shape index (κ2) is 7.45. The zero-order valence-electron chi connectivity index (χ0n) is 14.5. The summed E-state index contributed by atoms with van der Waals surface area (Å²) in [7, 11) is 0. The van der Waals surface area contributed by atoms with Gasteiger partial charge < -0.3 is 4.57 Å². The van der Waals surface area contributed by atoms with Crippen LogP contribution in [0.3, 0.4) is 0 Å². The molecule has 0 atom stereocenters. The van der Waals surface area contributed by atoms with Gasteiger partial charge >= 0.3 is 0 Å². The summed E-state index contributed by atoms with van der Waals surface area (Å²) < 4.78 is 2.21. The summed E-state index contributed by atoms with van der Waals surface area (Å²) >= 11 is 6.22. The van der Waals surface area contributed by atoms with Gasteiger partial charge in [0.25, 0.3) is 0 Å². The van der Waals surface area contributed by atoms with Gasteiger partial charge in [-0.25, -0.2) is 9.97 Å². The van der Waals surface area contributed by atoms with Crippen molar-refractivity contribution in [3.8, 4) is 6.07 Å². The second-order valence-corrected chi connectivity index (χ2v) is 7.05. The smallest absolute Gasteiger partial charge is 0.156 e. The number of nitriles is 1. The molecule has 3 aromatic rings. The minimum Gasteiger partial charge on any atom is -0.324 e. The highest BCUT2D eigenvalue weighted by Gasteiger charge is 2.25. The summed E-state index contributed by atoms with van der Waals surface area (Å²) in [5.41, 5.74) is 3.03. The molecule has 1 fully saturated rings. The molecule has 2 aromatic heterocycles. The fourth-order valence-corrected chi connectivity index (χ4v) is 4.01. The van der Waals surface area contributed by atoms with Crippen molar-refractivity contribution >= 4 is 22.6 Å². The summed E-state index contributed by atoms with van der Waals surface area (Å²) in [5, 5.41) is 9.59. The van der Waals surface area contributed by atoms with Crippen LogP contribution >= 0.6 is 11.6 Å². The Bertz CT molecular complexity index is 936. The molecule has 3 heterocycles. The Morgan fingerprint density at radius 3 is 2.65 bits per heavy atom. The van der Waals surface area contributed by atoms with Gasteiger partial charge in [-0.2, -0.15) is 5.26 Å². The highest BCUT2D eigenvalue weighted by Crippen LogP contribution is 2.31. The van der Waals surface area contributed by atoms with Crippen molar-refractivity contribution in [3.63, 3.8) is 0 Å². The number of aromatic nitrogens is 3. The molecular weight excluding hydrogens is 346 g/mol. The van der Waals surface area contributed by atoms with E-state index in [9.17, 15) is 5.26 Å². The van der Waals surface area contributed by atoms with Crippen molar-refractivity contribution in [1.29, 1.82) is 5.26 Å². The third kappa shape index (κ3) is 3.31. The molecular formula is C20H20ClN5. The lowest BCUT2D eigenvalue weighted by molar-refractivity contribution is 0.180. The van der Waals surface area contributed by atoms with Crippen LogP contribution in [0, 0.1) is 11.3 Å². The molecule has 0 amide bonds. The topological polar surface area (TPSA) is 57.7 Å². The standard InChI is InChI=1S/C20H20ClN5/c21-20-19-17(7-11-23-20)26(18(24-19)6-10-22)16-8-12-25(13-9-16)14-15-4-2-1-3-5-15/h1-5,7,11,16H,6,8-9,12-14H2. The van der Waals surface area contributed by atoms with Crippen molar-refractivity contribution in [3.05, 3.63) is 59.1 Å². The quantitative estimate of drug-likeness (QED) is 0.656. The van der Waals surface area contributed by atoms with Gasteiger partial charge in [-0.1, -0.05) is 41.9 Å². The molecule has 26 heavy (non-hydrogen) atoms. The van der Waals surface area contributed by atoms with E-state index >= 15 is 0 Å². The molecule has 0 radical (unpaired) electrons. The highest BCUT2D eigenvalue weighted by molar-refractivity contribution is 6.33. The molecule has 0 N–H and O–H groups in total. The number of halogens is 1. The molecule has 1 aliphatic rings. The number of pyridine rings is 1. The number of fused-ring (bicyclic) bond motifs is 1. The van der Waals surface area contributed by atoms with E-state index in [-0.39, 0.29) is 6.42 Å². The minimum absolute atomic E-state index is 0.287. The number of benzene rings is 1. The highest BCUT2D eigenvalue weighted by atomic mass is 35.5. The Balaban J connectivity index is 1.55. The van der Waals surface area contributed by atoms with E-state index in [1.54, 1.807) is 6.20 Å². The van der Waals surface area contributed by atoms with Crippen molar-refractivity contribution in [2.75, 3.05) is 13.1 Å². The van der Waals surface area contributed by atoms with E-state index in [0.717, 1.165) is 43.8 Å². The Hall–Kier alpha value is -2.42. The van der Waals surface area contributed by atoms with E-state index in [4.69, 9.17) is 11.6 Å². The van der Waals surface area contributed by atoms with Gasteiger partial charge in [-0.15, -0.1) is 0 Å². The lowest BCUT2D eigenvalue weighted by Crippen LogP contribution is -2.34. The fraction of sp³-hybridized carbons (Fsp3) is 0.350. The van der Waals surface area contributed by atoms with Crippen LogP contribution in [-0.4, -0.2) is 32.5 Å². The lowest BCUT2D eigenvalue weighted by atomic mass is 10.0. The summed E-state index contributed by atoms with van der Waals surface area (Å²) in [4.78, 5) is 11.2. The molecule has 0 aliphatic carbocycles. The summed E-state index contributed by atoms with van der Waals surface area (Å²) in [6.07, 6.45) is 4.08. The van der Waals surface area contributed by atoms with E-state index in [2.05, 4.69) is 55.8 Å². The van der Waals surface area contributed by atoms with Crippen LogP contribution in [-0.2, 0) is 13.0 Å². The molecule has 1 aromatic carbocycles. The maximum absolute atomic E-state index is 9.18. The SMILES string of the molecule is N#CCc1nc2c(Cl)nccc2n1C1CCN(Cc2ccccc2)CC1. The zero-order chi connectivity index (χ0) is 17.9. The Kier molecular flexibility index (Phi) is 4.87. The van der Waals surface area contributed by atoms with E-state index in [1.165, 1.54) is 5.56 Å². The third-order valence-corrected chi connectivity index (χ3v) is 5.32. The van der Waals surface area contributed by atoms with Crippen molar-refractivity contribution < 1.29 is 0 Å². The van der Waals surface area contributed by atoms with Gasteiger partial charge in [0.1, 0.15) is 11.3 Å². The normalized spacial score (nSPS) is 16.0. The maximum atomic E-state index is 9.18. The Morgan fingerprint density at radius 2 is 1.92 bits per heavy atom. The van der Waals surface area contributed by atoms with E-state index in [1.807, 2.05) is 6.07 Å². The zero-order valence-corrected chi connectivity index (χ0v) is 15.2. The number of likely N-dealkylation sites (tertiary alicyclic amines) is 1. The largest absolute Gasteiger partial charge is 0.324 e. The van der Waals surface area contributed by atoms with Crippen LogP contribution in [0.15, 0.2) is 42.6 Å². The van der Waals surface area contributed by atoms with Crippen LogP contribution < -0.4 is 0 Å². The predicted molar refractivity (Wildman–Crippen MR) is 102 cm³/mol. The van der Waals surface area contributed by atoms with Gasteiger partial charge in [0.05, 0.1) is 18.0 Å². The van der Waals surface area contributed by atoms with Crippen molar-refractivity contribution in [2.45, 2.75) is 31.8 Å². The van der Waals surface area contributed by atoms with E-state index in [0.29, 0.717) is 16.7 Å². The average molecular weight is 366 g/mol. The minimum atomic E-state index is 0.287. The van der Waals surface area contributed by atoms with Crippen LogP contribution in [0.4, 0.5) is 0 Å². The Labute approximate surface area is 157 Å². The molecule has 5 nitrogen and oxygen atoms in total. The lowest BCUT2D eigenvalue weighted by Gasteiger charge is -2.33. The first-order valence-corrected chi connectivity index (χ1v) is 9.28. The molecule has 1 aliphatic heterocycles. The van der Waals surface area contributed by atoms with Crippen molar-refractivity contribution in [1.82, 2.24) is 19.4 Å². The van der Waals surface area contributed by atoms with E-state index < -0.39 is 0 Å². The first kappa shape index (κ1) is 17.0. The molecule has 1 saturated heterocycles. The summed E-state index contributed by atoms with van der Waals surface area (Å²) in [6, 6.07) is 15.1. The molecule has 0 saturated carbocycles. The first-order valence-electron chi connectivity index (χ1n) is 8.91. The Morgan fingerprint density at radius 1 is 1.15 bits per heavy atom. The van der Waals surface area contributed by atoms with Gasteiger partial charge in [-0.05, 0) is 24.5 Å². The molecule has 132 valence electrons. The van der Waals surface area contributed by atoms with Gasteiger partial charge in [0.15, 0.2) is 5.15 Å². The average Bonchev–Trinajstić information content (AvgIpc) is 3.03. The molecule has 0 bridgehead atoms. The third-order valence-electron chi connectivity index (χ3n) is 5.05. The van der Waals surface area contributed by atoms with Crippen LogP contribution in [0.5, 0.6) is 0 Å². The van der Waals surface area contributed by atoms with Crippen molar-refractivity contribution in [2.24, 2.45) is 0 Å². The maximum Gasteiger partial charge on any atom is 0.156 e. The predicted octanol–water partition coefficient (Wildman–Crippen LogP) is 3.99.